The maximum absolute atomic E-state index is 5.47. The zero-order chi connectivity index (χ0) is 20.4. The highest BCUT2D eigenvalue weighted by Gasteiger charge is 2.13. The molecule has 1 heterocycles. The molecular weight excluding hydrogens is 350 g/mol. The van der Waals surface area contributed by atoms with Crippen molar-refractivity contribution in [3.05, 3.63) is 52.9 Å². The lowest BCUT2D eigenvalue weighted by Crippen LogP contribution is -2.36. The topological polar surface area (TPSA) is 65.7 Å². The van der Waals surface area contributed by atoms with Crippen LogP contribution in [0.25, 0.3) is 0 Å². The van der Waals surface area contributed by atoms with Crippen molar-refractivity contribution in [1.29, 1.82) is 0 Å². The predicted molar refractivity (Wildman–Crippen MR) is 115 cm³/mol. The van der Waals surface area contributed by atoms with Crippen molar-refractivity contribution in [3.8, 4) is 0 Å². The van der Waals surface area contributed by atoms with Gasteiger partial charge in [-0.1, -0.05) is 50.2 Å². The second kappa shape index (κ2) is 11.5. The van der Waals surface area contributed by atoms with Gasteiger partial charge in [0, 0.05) is 32.1 Å². The summed E-state index contributed by atoms with van der Waals surface area (Å²) in [5.74, 6) is 2.04. The first-order chi connectivity index (χ1) is 13.6. The van der Waals surface area contributed by atoms with Crippen LogP contribution in [0.2, 0.25) is 0 Å². The first-order valence-corrected chi connectivity index (χ1v) is 10.3. The average molecular weight is 386 g/mol. The van der Waals surface area contributed by atoms with Gasteiger partial charge in [0.2, 0.25) is 0 Å². The minimum Gasteiger partial charge on any atom is -0.359 e. The molecule has 0 aliphatic rings. The van der Waals surface area contributed by atoms with E-state index in [0.29, 0.717) is 12.5 Å². The molecule has 28 heavy (non-hydrogen) atoms. The van der Waals surface area contributed by atoms with Crippen molar-refractivity contribution in [1.82, 2.24) is 20.7 Å². The van der Waals surface area contributed by atoms with Crippen molar-refractivity contribution < 1.29 is 4.52 Å². The largest absolute Gasteiger partial charge is 0.359 e. The quantitative estimate of drug-likeness (QED) is 0.480. The molecule has 0 atom stereocenters. The van der Waals surface area contributed by atoms with Crippen LogP contribution in [-0.4, -0.2) is 36.7 Å². The number of hydrogen-bond acceptors (Lipinski definition) is 4. The monoisotopic (exact) mass is 385 g/mol. The molecule has 154 valence electrons. The summed E-state index contributed by atoms with van der Waals surface area (Å²) in [4.78, 5) is 6.59. The molecule has 0 aliphatic heterocycles. The molecule has 0 amide bonds. The van der Waals surface area contributed by atoms with Gasteiger partial charge in [0.1, 0.15) is 0 Å². The Morgan fingerprint density at radius 1 is 1.11 bits per heavy atom. The minimum atomic E-state index is 0.467. The Labute approximate surface area is 169 Å². The van der Waals surface area contributed by atoms with Gasteiger partial charge in [-0.2, -0.15) is 0 Å². The van der Waals surface area contributed by atoms with Gasteiger partial charge < -0.3 is 20.1 Å². The van der Waals surface area contributed by atoms with E-state index in [2.05, 4.69) is 77.8 Å². The fraction of sp³-hybridized carbons (Fsp3) is 0.545. The van der Waals surface area contributed by atoms with Crippen LogP contribution in [0.5, 0.6) is 0 Å². The molecule has 1 aromatic heterocycles. The van der Waals surface area contributed by atoms with Crippen LogP contribution in [0.3, 0.4) is 0 Å². The highest BCUT2D eigenvalue weighted by molar-refractivity contribution is 5.79. The lowest BCUT2D eigenvalue weighted by Gasteiger charge is -2.15. The molecule has 0 radical (unpaired) electrons. The number of guanidine groups is 1. The molecule has 2 N–H and O–H groups in total. The SMILES string of the molecule is CCC(CC)c1cc(CNC(=NC)NCc2cccc(CN(C)CC)c2)on1. The number of nitrogens with one attached hydrogen (secondary N) is 2. The van der Waals surface area contributed by atoms with Crippen LogP contribution in [-0.2, 0) is 19.6 Å². The summed E-state index contributed by atoms with van der Waals surface area (Å²) < 4.78 is 5.47. The molecule has 0 saturated carbocycles. The van der Waals surface area contributed by atoms with E-state index in [1.807, 2.05) is 6.07 Å². The average Bonchev–Trinajstić information content (AvgIpc) is 3.18. The Kier molecular flexibility index (Phi) is 9.01. The van der Waals surface area contributed by atoms with Gasteiger partial charge in [0.25, 0.3) is 0 Å². The third kappa shape index (κ3) is 6.68. The highest BCUT2D eigenvalue weighted by Crippen LogP contribution is 2.22. The van der Waals surface area contributed by atoms with Gasteiger partial charge in [0.15, 0.2) is 11.7 Å². The van der Waals surface area contributed by atoms with Gasteiger partial charge in [-0.3, -0.25) is 4.99 Å². The normalized spacial score (nSPS) is 12.0. The third-order valence-corrected chi connectivity index (χ3v) is 5.08. The predicted octanol–water partition coefficient (Wildman–Crippen LogP) is 3.90. The Morgan fingerprint density at radius 2 is 1.82 bits per heavy atom. The molecule has 6 nitrogen and oxygen atoms in total. The Hall–Kier alpha value is -2.34. The van der Waals surface area contributed by atoms with E-state index in [4.69, 9.17) is 4.52 Å². The van der Waals surface area contributed by atoms with Gasteiger partial charge in [-0.15, -0.1) is 0 Å². The van der Waals surface area contributed by atoms with Crippen LogP contribution in [0.4, 0.5) is 0 Å². The third-order valence-electron chi connectivity index (χ3n) is 5.08. The van der Waals surface area contributed by atoms with Crippen LogP contribution in [0.15, 0.2) is 39.8 Å². The molecule has 0 aliphatic carbocycles. The summed E-state index contributed by atoms with van der Waals surface area (Å²) in [7, 11) is 3.91. The highest BCUT2D eigenvalue weighted by atomic mass is 16.5. The second-order valence-electron chi connectivity index (χ2n) is 7.16. The molecule has 2 aromatic rings. The summed E-state index contributed by atoms with van der Waals surface area (Å²) in [5, 5.41) is 10.9. The first kappa shape index (κ1) is 22.0. The van der Waals surface area contributed by atoms with Crippen molar-refractivity contribution in [2.24, 2.45) is 4.99 Å². The van der Waals surface area contributed by atoms with E-state index in [-0.39, 0.29) is 0 Å². The number of benzene rings is 1. The smallest absolute Gasteiger partial charge is 0.191 e. The van der Waals surface area contributed by atoms with E-state index in [1.165, 1.54) is 11.1 Å². The maximum Gasteiger partial charge on any atom is 0.191 e. The molecule has 6 heteroatoms. The summed E-state index contributed by atoms with van der Waals surface area (Å²) in [6, 6.07) is 10.7. The van der Waals surface area contributed by atoms with E-state index in [0.717, 1.165) is 49.9 Å². The second-order valence-corrected chi connectivity index (χ2v) is 7.16. The van der Waals surface area contributed by atoms with Crippen LogP contribution >= 0.6 is 0 Å². The van der Waals surface area contributed by atoms with Crippen molar-refractivity contribution in [3.63, 3.8) is 0 Å². The first-order valence-electron chi connectivity index (χ1n) is 10.3. The Bertz CT molecular complexity index is 736. The Morgan fingerprint density at radius 3 is 2.50 bits per heavy atom. The molecule has 1 aromatic carbocycles. The number of rotatable bonds is 10. The molecule has 2 rings (SSSR count). The number of aromatic nitrogens is 1. The molecular formula is C22H35N5O. The Balaban J connectivity index is 1.86. The van der Waals surface area contributed by atoms with Crippen LogP contribution < -0.4 is 10.6 Å². The lowest BCUT2D eigenvalue weighted by atomic mass is 9.99. The van der Waals surface area contributed by atoms with Crippen molar-refractivity contribution in [2.45, 2.75) is 59.2 Å². The number of hydrogen-bond donors (Lipinski definition) is 2. The van der Waals surface area contributed by atoms with Crippen molar-refractivity contribution in [2.75, 3.05) is 20.6 Å². The maximum atomic E-state index is 5.47. The van der Waals surface area contributed by atoms with Crippen molar-refractivity contribution >= 4 is 5.96 Å². The zero-order valence-corrected chi connectivity index (χ0v) is 18.0. The van der Waals surface area contributed by atoms with Gasteiger partial charge in [-0.05, 0) is 37.6 Å². The molecule has 0 bridgehead atoms. The van der Waals surface area contributed by atoms with E-state index in [1.54, 1.807) is 7.05 Å². The van der Waals surface area contributed by atoms with Crippen LogP contribution in [0.1, 0.15) is 62.1 Å². The van der Waals surface area contributed by atoms with E-state index in [9.17, 15) is 0 Å². The fourth-order valence-electron chi connectivity index (χ4n) is 3.15. The number of nitrogens with zero attached hydrogens (tertiary/aromatic N) is 3. The van der Waals surface area contributed by atoms with Gasteiger partial charge >= 0.3 is 0 Å². The van der Waals surface area contributed by atoms with E-state index < -0.39 is 0 Å². The summed E-state index contributed by atoms with van der Waals surface area (Å²) in [6.07, 6.45) is 2.15. The van der Waals surface area contributed by atoms with Gasteiger partial charge in [-0.25, -0.2) is 0 Å². The zero-order valence-electron chi connectivity index (χ0n) is 18.0. The molecule has 0 unspecified atom stereocenters. The van der Waals surface area contributed by atoms with Gasteiger partial charge in [0.05, 0.1) is 12.2 Å². The minimum absolute atomic E-state index is 0.467. The molecule has 0 fully saturated rings. The lowest BCUT2D eigenvalue weighted by molar-refractivity contribution is 0.345. The molecule has 0 spiro atoms. The van der Waals surface area contributed by atoms with Crippen LogP contribution in [0, 0.1) is 0 Å². The molecule has 0 saturated heterocycles. The van der Waals surface area contributed by atoms with E-state index >= 15 is 0 Å². The number of aliphatic imine (C=N–C) groups is 1. The summed E-state index contributed by atoms with van der Waals surface area (Å²) in [6.45, 7) is 9.82. The standard InChI is InChI=1S/C22H35N5O/c1-6-19(7-2)21-13-20(28-26-21)15-25-22(23-4)24-14-17-10-9-11-18(12-17)16-27(5)8-3/h9-13,19H,6-8,14-16H2,1-5H3,(H2,23,24,25). The summed E-state index contributed by atoms with van der Waals surface area (Å²) >= 11 is 0. The fourth-order valence-corrected chi connectivity index (χ4v) is 3.15. The summed E-state index contributed by atoms with van der Waals surface area (Å²) in [5.41, 5.74) is 3.60.